The first-order chi connectivity index (χ1) is 13.7. The maximum absolute atomic E-state index is 12.6. The van der Waals surface area contributed by atoms with Crippen molar-refractivity contribution in [1.29, 1.82) is 0 Å². The summed E-state index contributed by atoms with van der Waals surface area (Å²) in [5.41, 5.74) is 3.12. The summed E-state index contributed by atoms with van der Waals surface area (Å²) in [5.74, 6) is 0.507. The molecular formula is C23H20N4O. The molecule has 0 saturated carbocycles. The molecule has 2 heterocycles. The van der Waals surface area contributed by atoms with Gasteiger partial charge in [0.15, 0.2) is 0 Å². The lowest BCUT2D eigenvalue weighted by molar-refractivity contribution is 0.102. The third-order valence-corrected chi connectivity index (χ3v) is 4.57. The molecule has 1 amide bonds. The van der Waals surface area contributed by atoms with Gasteiger partial charge in [-0.15, -0.1) is 0 Å². The van der Waals surface area contributed by atoms with E-state index in [-0.39, 0.29) is 11.9 Å². The summed E-state index contributed by atoms with van der Waals surface area (Å²) in [6.07, 6.45) is 3.29. The van der Waals surface area contributed by atoms with Crippen molar-refractivity contribution in [2.45, 2.75) is 13.0 Å². The molecule has 0 aliphatic rings. The van der Waals surface area contributed by atoms with Gasteiger partial charge in [0.25, 0.3) is 5.91 Å². The standard InChI is InChI=1S/C23H20N4O/c1-16(17-7-3-2-4-8-17)26-21-13-12-19(15-25-21)23(28)27-20-11-5-9-18-10-6-14-24-22(18)20/h2-16H,1H3,(H,25,26)(H,27,28). The Morgan fingerprint density at radius 3 is 2.50 bits per heavy atom. The van der Waals surface area contributed by atoms with E-state index in [4.69, 9.17) is 0 Å². The number of hydrogen-bond acceptors (Lipinski definition) is 4. The van der Waals surface area contributed by atoms with E-state index < -0.39 is 0 Å². The van der Waals surface area contributed by atoms with Crippen LogP contribution in [0.25, 0.3) is 10.9 Å². The van der Waals surface area contributed by atoms with Crippen molar-refractivity contribution in [2.24, 2.45) is 0 Å². The largest absolute Gasteiger partial charge is 0.364 e. The Morgan fingerprint density at radius 2 is 1.71 bits per heavy atom. The first-order valence-corrected chi connectivity index (χ1v) is 9.13. The number of para-hydroxylation sites is 1. The van der Waals surface area contributed by atoms with Crippen molar-refractivity contribution in [2.75, 3.05) is 10.6 Å². The Hall–Kier alpha value is -3.73. The SMILES string of the molecule is CC(Nc1ccc(C(=O)Nc2cccc3cccnc23)cn1)c1ccccc1. The van der Waals surface area contributed by atoms with E-state index in [1.165, 1.54) is 5.56 Å². The number of aromatic nitrogens is 2. The molecule has 0 aliphatic carbocycles. The van der Waals surface area contributed by atoms with Gasteiger partial charge in [0, 0.05) is 23.8 Å². The van der Waals surface area contributed by atoms with Crippen molar-refractivity contribution in [3.63, 3.8) is 0 Å². The summed E-state index contributed by atoms with van der Waals surface area (Å²) < 4.78 is 0. The second kappa shape index (κ2) is 7.88. The minimum atomic E-state index is -0.215. The van der Waals surface area contributed by atoms with Crippen LogP contribution in [0.1, 0.15) is 28.9 Å². The highest BCUT2D eigenvalue weighted by Crippen LogP contribution is 2.22. The molecule has 4 aromatic rings. The van der Waals surface area contributed by atoms with Crippen molar-refractivity contribution in [1.82, 2.24) is 9.97 Å². The van der Waals surface area contributed by atoms with Crippen LogP contribution >= 0.6 is 0 Å². The zero-order valence-corrected chi connectivity index (χ0v) is 15.5. The number of benzene rings is 2. The van der Waals surface area contributed by atoms with Crippen molar-refractivity contribution >= 4 is 28.3 Å². The molecule has 0 fully saturated rings. The average molecular weight is 368 g/mol. The van der Waals surface area contributed by atoms with Gasteiger partial charge in [-0.25, -0.2) is 4.98 Å². The summed E-state index contributed by atoms with van der Waals surface area (Å²) in [5, 5.41) is 7.25. The van der Waals surface area contributed by atoms with Gasteiger partial charge in [0.1, 0.15) is 5.82 Å². The maximum Gasteiger partial charge on any atom is 0.257 e. The van der Waals surface area contributed by atoms with Gasteiger partial charge in [0.05, 0.1) is 16.8 Å². The molecular weight excluding hydrogens is 348 g/mol. The molecule has 0 radical (unpaired) electrons. The number of anilines is 2. The Morgan fingerprint density at radius 1 is 0.893 bits per heavy atom. The zero-order valence-electron chi connectivity index (χ0n) is 15.5. The number of carbonyl (C=O) groups excluding carboxylic acids is 1. The predicted molar refractivity (Wildman–Crippen MR) is 112 cm³/mol. The van der Waals surface area contributed by atoms with Gasteiger partial charge in [-0.05, 0) is 36.8 Å². The van der Waals surface area contributed by atoms with Crippen molar-refractivity contribution < 1.29 is 4.79 Å². The minimum absolute atomic E-state index is 0.120. The average Bonchev–Trinajstić information content (AvgIpc) is 2.75. The van der Waals surface area contributed by atoms with E-state index in [1.807, 2.05) is 54.6 Å². The lowest BCUT2D eigenvalue weighted by atomic mass is 10.1. The van der Waals surface area contributed by atoms with Gasteiger partial charge < -0.3 is 10.6 Å². The molecule has 5 nitrogen and oxygen atoms in total. The number of rotatable bonds is 5. The third-order valence-electron chi connectivity index (χ3n) is 4.57. The van der Waals surface area contributed by atoms with Gasteiger partial charge >= 0.3 is 0 Å². The minimum Gasteiger partial charge on any atom is -0.364 e. The molecule has 5 heteroatoms. The number of nitrogens with one attached hydrogen (secondary N) is 2. The molecule has 1 atom stereocenters. The molecule has 2 N–H and O–H groups in total. The molecule has 0 aliphatic heterocycles. The van der Waals surface area contributed by atoms with Crippen LogP contribution in [0.2, 0.25) is 0 Å². The monoisotopic (exact) mass is 368 g/mol. The summed E-state index contributed by atoms with van der Waals surface area (Å²) in [7, 11) is 0. The number of carbonyl (C=O) groups is 1. The second-order valence-corrected chi connectivity index (χ2v) is 6.54. The molecule has 0 spiro atoms. The highest BCUT2D eigenvalue weighted by Gasteiger charge is 2.11. The van der Waals surface area contributed by atoms with Crippen LogP contribution in [0, 0.1) is 0 Å². The molecule has 28 heavy (non-hydrogen) atoms. The number of amides is 1. The maximum atomic E-state index is 12.6. The van der Waals surface area contributed by atoms with Gasteiger partial charge in [0.2, 0.25) is 0 Å². The molecule has 2 aromatic carbocycles. The first kappa shape index (κ1) is 17.7. The topological polar surface area (TPSA) is 66.9 Å². The molecule has 0 bridgehead atoms. The third kappa shape index (κ3) is 3.83. The summed E-state index contributed by atoms with van der Waals surface area (Å²) in [6.45, 7) is 2.07. The Labute approximate surface area is 163 Å². The fraction of sp³-hybridized carbons (Fsp3) is 0.0870. The highest BCUT2D eigenvalue weighted by atomic mass is 16.1. The summed E-state index contributed by atoms with van der Waals surface area (Å²) >= 11 is 0. The normalized spacial score (nSPS) is 11.8. The van der Waals surface area contributed by atoms with Gasteiger partial charge in [-0.3, -0.25) is 9.78 Å². The van der Waals surface area contributed by atoms with E-state index >= 15 is 0 Å². The van der Waals surface area contributed by atoms with Crippen LogP contribution in [0.3, 0.4) is 0 Å². The Balaban J connectivity index is 1.47. The molecule has 1 unspecified atom stereocenters. The van der Waals surface area contributed by atoms with Gasteiger partial charge in [-0.2, -0.15) is 0 Å². The van der Waals surface area contributed by atoms with E-state index in [0.717, 1.165) is 16.7 Å². The van der Waals surface area contributed by atoms with Crippen LogP contribution in [0.4, 0.5) is 11.5 Å². The quantitative estimate of drug-likeness (QED) is 0.517. The lowest BCUT2D eigenvalue weighted by Gasteiger charge is -2.15. The van der Waals surface area contributed by atoms with Crippen molar-refractivity contribution in [3.8, 4) is 0 Å². The lowest BCUT2D eigenvalue weighted by Crippen LogP contribution is -2.13. The van der Waals surface area contributed by atoms with E-state index in [9.17, 15) is 4.79 Å². The fourth-order valence-electron chi connectivity index (χ4n) is 3.06. The van der Waals surface area contributed by atoms with Crippen molar-refractivity contribution in [3.05, 3.63) is 96.3 Å². The van der Waals surface area contributed by atoms with Crippen LogP contribution in [0.5, 0.6) is 0 Å². The number of nitrogens with zero attached hydrogens (tertiary/aromatic N) is 2. The second-order valence-electron chi connectivity index (χ2n) is 6.54. The van der Waals surface area contributed by atoms with Crippen LogP contribution in [-0.4, -0.2) is 15.9 Å². The zero-order chi connectivity index (χ0) is 19.3. The number of fused-ring (bicyclic) bond motifs is 1. The summed E-state index contributed by atoms with van der Waals surface area (Å²) in [4.78, 5) is 21.4. The Bertz CT molecular complexity index is 1090. The van der Waals surface area contributed by atoms with Crippen LogP contribution in [-0.2, 0) is 0 Å². The molecule has 2 aromatic heterocycles. The van der Waals surface area contributed by atoms with E-state index in [0.29, 0.717) is 11.3 Å². The van der Waals surface area contributed by atoms with E-state index in [2.05, 4.69) is 39.7 Å². The molecule has 0 saturated heterocycles. The highest BCUT2D eigenvalue weighted by molar-refractivity contribution is 6.08. The molecule has 138 valence electrons. The summed E-state index contributed by atoms with van der Waals surface area (Å²) in [6, 6.07) is 23.4. The van der Waals surface area contributed by atoms with Crippen LogP contribution in [0.15, 0.2) is 85.2 Å². The Kier molecular flexibility index (Phi) is 4.97. The van der Waals surface area contributed by atoms with E-state index in [1.54, 1.807) is 18.5 Å². The molecule has 4 rings (SSSR count). The number of pyridine rings is 2. The first-order valence-electron chi connectivity index (χ1n) is 9.13. The fourth-order valence-corrected chi connectivity index (χ4v) is 3.06. The van der Waals surface area contributed by atoms with Crippen LogP contribution < -0.4 is 10.6 Å². The van der Waals surface area contributed by atoms with Gasteiger partial charge in [-0.1, -0.05) is 48.5 Å². The smallest absolute Gasteiger partial charge is 0.257 e. The number of hydrogen-bond donors (Lipinski definition) is 2. The predicted octanol–water partition coefficient (Wildman–Crippen LogP) is 5.06.